The number of benzene rings is 21. The van der Waals surface area contributed by atoms with Gasteiger partial charge in [-0.25, -0.2) is 0 Å². The topological polar surface area (TPSA) is 22.7 Å². The summed E-state index contributed by atoms with van der Waals surface area (Å²) in [5.74, 6) is 0. The number of hydrogen-bond acceptors (Lipinski definition) is 7. The maximum absolute atomic E-state index is 2.66. The van der Waals surface area contributed by atoms with E-state index in [1.165, 1.54) is 284 Å². The molecule has 0 aliphatic carbocycles. The second-order valence-electron chi connectivity index (χ2n) is 42.0. The molecule has 12 aliphatic heterocycles. The van der Waals surface area contributed by atoms with E-state index in [0.29, 0.717) is 0 Å². The fourth-order valence-corrected chi connectivity index (χ4v) is 27.8. The second kappa shape index (κ2) is 32.1. The van der Waals surface area contributed by atoms with E-state index in [1.54, 1.807) is 0 Å². The lowest BCUT2D eigenvalue weighted by Gasteiger charge is -2.50. The molecule has 21 aromatic carbocycles. The molecule has 33 rings (SSSR count). The van der Waals surface area contributed by atoms with Gasteiger partial charge in [0.1, 0.15) is 0 Å². The van der Waals surface area contributed by atoms with Crippen LogP contribution in [0.1, 0.15) is 46.4 Å². The Morgan fingerprint density at radius 3 is 0.707 bits per heavy atom. The molecule has 0 spiro atoms. The van der Waals surface area contributed by atoms with E-state index in [4.69, 9.17) is 0 Å². The summed E-state index contributed by atoms with van der Waals surface area (Å²) in [4.78, 5) is 18.2. The minimum Gasteiger partial charge on any atom is -0.376 e. The monoisotopic (exact) mass is 1870 g/mol. The van der Waals surface area contributed by atoms with Gasteiger partial charge >= 0.3 is 41.1 Å². The summed E-state index contributed by atoms with van der Waals surface area (Å²) in [6.07, 6.45) is 0. The number of para-hydroxylation sites is 4. The van der Waals surface area contributed by atoms with Crippen LogP contribution < -0.4 is 99.3 Å². The number of aryl methyl sites for hydroxylation is 7. The highest BCUT2D eigenvalue weighted by atomic mass is 15.2. The zero-order valence-corrected chi connectivity index (χ0v) is 82.2. The standard InChI is InChI=1S/C51H37B2N3.C43H28B2N2.C39H28B2N2.CH4/c1-32-20-24-42-38(28-32)40-30-34(3)22-26-46(40)55-48-18-10-17-45-50(48)51-44(52(42)55)16-11-19-49(51)56-47-27-23-37(31-41(47)39-29-33(2)21-25-43(39)53(45)56)54(35-12-6-4-7-13-35)36-14-8-5-9-15-36;1-27-21-23-34-32(25-27)30-13-5-7-17-38(30)46-40-19-10-16-37-43(40)42-36(44(34)46)15-9-20-41(42)47-39-18-8-6-14-31(39)33-26-29(22-24-35(33)45(37)47)28-11-3-2-4-12-28;1-23-14-17-31-27(20-23)29-22-25(3)16-19-35(29)43-37-13-6-10-32-38(37)39-33(41(31)43)11-7-12-36(39)42-34-18-15-24(2)21-28(34)26-8-4-5-9-30(26)40(32)42;/h4-31H,1-3H3;2-26H,1H3;4-22H,1-3H3;1H4. The lowest BCUT2D eigenvalue weighted by Crippen LogP contribution is -2.65. The van der Waals surface area contributed by atoms with E-state index in [9.17, 15) is 0 Å². The van der Waals surface area contributed by atoms with Crippen molar-refractivity contribution in [2.75, 3.05) is 33.8 Å². The first kappa shape index (κ1) is 85.2. The molecule has 21 aromatic rings. The highest BCUT2D eigenvalue weighted by molar-refractivity contribution is 6.99. The van der Waals surface area contributed by atoms with Crippen molar-refractivity contribution in [1.82, 2.24) is 0 Å². The molecule has 0 radical (unpaired) electrons. The zero-order chi connectivity index (χ0) is 96.6. The van der Waals surface area contributed by atoms with Crippen molar-refractivity contribution >= 4 is 192 Å². The van der Waals surface area contributed by atoms with Gasteiger partial charge in [0.25, 0.3) is 0 Å². The lowest BCUT2D eigenvalue weighted by atomic mass is 9.38. The van der Waals surface area contributed by atoms with Gasteiger partial charge in [-0.3, -0.25) is 0 Å². The number of hydrogen-bond donors (Lipinski definition) is 0. The van der Waals surface area contributed by atoms with Gasteiger partial charge in [0.05, 0.1) is 0 Å². The van der Waals surface area contributed by atoms with Crippen LogP contribution in [0.15, 0.2) is 437 Å². The van der Waals surface area contributed by atoms with Crippen molar-refractivity contribution in [2.45, 2.75) is 55.9 Å². The van der Waals surface area contributed by atoms with E-state index in [-0.39, 0.29) is 48.5 Å². The van der Waals surface area contributed by atoms with Gasteiger partial charge in [-0.2, -0.15) is 0 Å². The molecule has 0 aromatic heterocycles. The molecule has 686 valence electrons. The van der Waals surface area contributed by atoms with Gasteiger partial charge in [0, 0.05) is 152 Å². The number of fused-ring (bicyclic) bond motifs is 48. The Morgan fingerprint density at radius 1 is 0.143 bits per heavy atom. The first-order valence-electron chi connectivity index (χ1n) is 51.7. The van der Waals surface area contributed by atoms with Crippen LogP contribution in [0.25, 0.3) is 111 Å². The van der Waals surface area contributed by atoms with E-state index in [2.05, 4.69) is 519 Å². The van der Waals surface area contributed by atoms with E-state index < -0.39 is 0 Å². The third-order valence-corrected chi connectivity index (χ3v) is 33.6. The van der Waals surface area contributed by atoms with Gasteiger partial charge < -0.3 is 33.8 Å². The van der Waals surface area contributed by atoms with Crippen LogP contribution in [0, 0.1) is 48.5 Å². The van der Waals surface area contributed by atoms with Crippen molar-refractivity contribution in [3.63, 3.8) is 0 Å². The summed E-state index contributed by atoms with van der Waals surface area (Å²) in [6.45, 7) is 15.9. The molecule has 13 heteroatoms. The van der Waals surface area contributed by atoms with Gasteiger partial charge in [0.15, 0.2) is 0 Å². The summed E-state index contributed by atoms with van der Waals surface area (Å²) in [7, 11) is 0. The average Bonchev–Trinajstić information content (AvgIpc) is 0.695. The maximum Gasteiger partial charge on any atom is 0.329 e. The smallest absolute Gasteiger partial charge is 0.329 e. The van der Waals surface area contributed by atoms with E-state index in [0.717, 1.165) is 17.1 Å². The fourth-order valence-electron chi connectivity index (χ4n) is 27.8. The summed E-state index contributed by atoms with van der Waals surface area (Å²) >= 11 is 0. The van der Waals surface area contributed by atoms with Crippen LogP contribution in [-0.4, -0.2) is 41.1 Å². The summed E-state index contributed by atoms with van der Waals surface area (Å²) in [5, 5.41) is 0. The molecule has 0 amide bonds. The third-order valence-electron chi connectivity index (χ3n) is 33.6. The predicted molar refractivity (Wildman–Crippen MR) is 630 cm³/mol. The highest BCUT2D eigenvalue weighted by Crippen LogP contribution is 2.59. The molecule has 0 bridgehead atoms. The minimum atomic E-state index is 0. The molecule has 147 heavy (non-hydrogen) atoms. The summed E-state index contributed by atoms with van der Waals surface area (Å²) in [6, 6.07) is 165. The summed E-state index contributed by atoms with van der Waals surface area (Å²) < 4.78 is 0. The normalized spacial score (nSPS) is 13.7. The first-order chi connectivity index (χ1) is 71.9. The molecular formula is C134H97B6N7. The van der Waals surface area contributed by atoms with Gasteiger partial charge in [-0.15, -0.1) is 0 Å². The largest absolute Gasteiger partial charge is 0.376 e. The van der Waals surface area contributed by atoms with Crippen molar-refractivity contribution in [1.29, 1.82) is 0 Å². The molecule has 0 saturated heterocycles. The Hall–Kier alpha value is -17.4. The molecule has 0 N–H and O–H groups in total. The number of anilines is 15. The Morgan fingerprint density at radius 2 is 0.367 bits per heavy atom. The number of rotatable bonds is 4. The van der Waals surface area contributed by atoms with Crippen molar-refractivity contribution in [2.24, 2.45) is 0 Å². The van der Waals surface area contributed by atoms with Crippen molar-refractivity contribution in [3.05, 3.63) is 476 Å². The van der Waals surface area contributed by atoms with Gasteiger partial charge in [0.2, 0.25) is 0 Å². The molecule has 12 aliphatic rings. The Balaban J connectivity index is 0.000000103. The molecule has 0 unspecified atom stereocenters. The average molecular weight is 1870 g/mol. The van der Waals surface area contributed by atoms with Gasteiger partial charge in [-0.05, 0) is 292 Å². The first-order valence-corrected chi connectivity index (χ1v) is 51.7. The Bertz CT molecular complexity index is 9260. The van der Waals surface area contributed by atoms with Crippen LogP contribution in [0.5, 0.6) is 0 Å². The van der Waals surface area contributed by atoms with Crippen molar-refractivity contribution < 1.29 is 0 Å². The molecule has 0 atom stereocenters. The lowest BCUT2D eigenvalue weighted by molar-refractivity contribution is 1.27. The van der Waals surface area contributed by atoms with Crippen LogP contribution >= 0.6 is 0 Å². The van der Waals surface area contributed by atoms with Gasteiger partial charge in [-0.1, -0.05) is 350 Å². The minimum absolute atomic E-state index is 0. The molecule has 0 fully saturated rings. The molecule has 0 saturated carbocycles. The van der Waals surface area contributed by atoms with Crippen molar-refractivity contribution in [3.8, 4) is 111 Å². The molecular weight excluding hydrogens is 1770 g/mol. The van der Waals surface area contributed by atoms with Crippen LogP contribution in [0.3, 0.4) is 0 Å². The molecule has 12 heterocycles. The Labute approximate surface area is 862 Å². The quantitative estimate of drug-likeness (QED) is 0.162. The third kappa shape index (κ3) is 12.1. The fraction of sp³-hybridized carbons (Fsp3) is 0.0597. The van der Waals surface area contributed by atoms with Crippen LogP contribution in [0.4, 0.5) is 85.3 Å². The SMILES string of the molecule is C.Cc1ccc2c(c1)-c1cc(C)ccc1N1B2c2cccc3c2-c2c(cccc21)B1c2ccc(C)cc2-c2cc(N(c4ccccc4)c4ccccc4)ccc2N13.Cc1ccc2c(c1)-c1cc(C)ccc1N1B2c2cccc3c2-c2c(cccc21)B1c2ccccc2-c2cc(C)ccc2N13.Cc1ccc2c(c1)-c1ccccc1N1B2c2cccc3c2-c2c(cccc21)B1c2ccc(-c4ccccc4)cc2-c2ccccc2N13. The summed E-state index contributed by atoms with van der Waals surface area (Å²) in [5.41, 5.74) is 70.9. The zero-order valence-electron chi connectivity index (χ0n) is 82.2. The maximum atomic E-state index is 2.66. The predicted octanol–water partition coefficient (Wildman–Crippen LogP) is 25.4. The number of nitrogens with zero attached hydrogens (tertiary/aromatic N) is 7. The second-order valence-corrected chi connectivity index (χ2v) is 42.0. The van der Waals surface area contributed by atoms with E-state index in [1.807, 2.05) is 0 Å². The Kier molecular flexibility index (Phi) is 18.6. The highest BCUT2D eigenvalue weighted by Gasteiger charge is 2.55. The van der Waals surface area contributed by atoms with Crippen LogP contribution in [0.2, 0.25) is 0 Å². The van der Waals surface area contributed by atoms with E-state index >= 15 is 0 Å². The van der Waals surface area contributed by atoms with Crippen LogP contribution in [-0.2, 0) is 0 Å². The molecule has 7 nitrogen and oxygen atoms in total.